The SMILES string of the molecule is N#Cc1cn(-c2ccc(C(=O)O)c(O)c2)c2cccc(F)c12. The van der Waals surface area contributed by atoms with Gasteiger partial charge in [-0.15, -0.1) is 0 Å². The Balaban J connectivity index is 2.28. The van der Waals surface area contributed by atoms with E-state index in [1.165, 1.54) is 41.1 Å². The molecule has 1 aromatic heterocycles. The number of carboxylic acids is 1. The summed E-state index contributed by atoms with van der Waals surface area (Å²) >= 11 is 0. The Bertz CT molecular complexity index is 954. The molecule has 22 heavy (non-hydrogen) atoms. The van der Waals surface area contributed by atoms with Gasteiger partial charge in [-0.25, -0.2) is 9.18 Å². The molecule has 1 heterocycles. The number of rotatable bonds is 2. The molecule has 3 rings (SSSR count). The highest BCUT2D eigenvalue weighted by Gasteiger charge is 2.15. The standard InChI is InChI=1S/C16H9FN2O3/c17-12-2-1-3-13-15(12)9(7-18)8-19(13)10-4-5-11(16(21)22)14(20)6-10/h1-6,8,20H,(H,21,22). The Hall–Kier alpha value is -3.33. The molecule has 0 saturated carbocycles. The summed E-state index contributed by atoms with van der Waals surface area (Å²) in [5, 5.41) is 28.0. The lowest BCUT2D eigenvalue weighted by molar-refractivity contribution is 0.0694. The molecule has 0 amide bonds. The van der Waals surface area contributed by atoms with E-state index in [-0.39, 0.29) is 16.5 Å². The van der Waals surface area contributed by atoms with E-state index in [0.29, 0.717) is 11.2 Å². The van der Waals surface area contributed by atoms with E-state index in [9.17, 15) is 14.3 Å². The van der Waals surface area contributed by atoms with Crippen molar-refractivity contribution < 1.29 is 19.4 Å². The Morgan fingerprint density at radius 1 is 1.27 bits per heavy atom. The summed E-state index contributed by atoms with van der Waals surface area (Å²) in [7, 11) is 0. The zero-order valence-electron chi connectivity index (χ0n) is 11.1. The summed E-state index contributed by atoms with van der Waals surface area (Å²) in [6.07, 6.45) is 1.45. The number of aromatic carboxylic acids is 1. The monoisotopic (exact) mass is 296 g/mol. The molecule has 5 nitrogen and oxygen atoms in total. The van der Waals surface area contributed by atoms with Crippen LogP contribution in [0, 0.1) is 17.1 Å². The van der Waals surface area contributed by atoms with Gasteiger partial charge in [0.15, 0.2) is 0 Å². The molecule has 0 atom stereocenters. The Morgan fingerprint density at radius 3 is 2.68 bits per heavy atom. The second-order valence-electron chi connectivity index (χ2n) is 4.67. The normalized spacial score (nSPS) is 10.5. The first-order valence-corrected chi connectivity index (χ1v) is 6.29. The summed E-state index contributed by atoms with van der Waals surface area (Å²) in [5.41, 5.74) is 0.820. The quantitative estimate of drug-likeness (QED) is 0.761. The van der Waals surface area contributed by atoms with E-state index < -0.39 is 17.5 Å². The van der Waals surface area contributed by atoms with Crippen molar-refractivity contribution in [1.82, 2.24) is 4.57 Å². The number of halogens is 1. The van der Waals surface area contributed by atoms with E-state index in [2.05, 4.69) is 0 Å². The number of fused-ring (bicyclic) bond motifs is 1. The fourth-order valence-corrected chi connectivity index (χ4v) is 2.39. The molecule has 0 saturated heterocycles. The maximum absolute atomic E-state index is 13.9. The molecule has 0 unspecified atom stereocenters. The zero-order valence-corrected chi connectivity index (χ0v) is 11.1. The predicted molar refractivity (Wildman–Crippen MR) is 76.6 cm³/mol. The van der Waals surface area contributed by atoms with Gasteiger partial charge in [0.1, 0.15) is 23.2 Å². The molecule has 2 aromatic carbocycles. The maximum Gasteiger partial charge on any atom is 0.339 e. The van der Waals surface area contributed by atoms with E-state index >= 15 is 0 Å². The van der Waals surface area contributed by atoms with Crippen molar-refractivity contribution >= 4 is 16.9 Å². The molecule has 0 aliphatic carbocycles. The van der Waals surface area contributed by atoms with Crippen LogP contribution in [0.15, 0.2) is 42.6 Å². The van der Waals surface area contributed by atoms with Crippen molar-refractivity contribution in [3.05, 3.63) is 59.5 Å². The predicted octanol–water partition coefficient (Wildman–Crippen LogP) is 3.05. The number of phenols is 1. The molecule has 0 spiro atoms. The second kappa shape index (κ2) is 4.90. The largest absolute Gasteiger partial charge is 0.507 e. The Morgan fingerprint density at radius 2 is 2.05 bits per heavy atom. The Kier molecular flexibility index (Phi) is 3.04. The molecule has 0 aliphatic rings. The van der Waals surface area contributed by atoms with Crippen molar-refractivity contribution in [1.29, 1.82) is 5.26 Å². The molecular weight excluding hydrogens is 287 g/mol. The summed E-state index contributed by atoms with van der Waals surface area (Å²) in [5.74, 6) is -2.16. The molecule has 6 heteroatoms. The first-order chi connectivity index (χ1) is 10.5. The van der Waals surface area contributed by atoms with Gasteiger partial charge in [-0.2, -0.15) is 5.26 Å². The highest BCUT2D eigenvalue weighted by molar-refractivity contribution is 5.92. The number of hydrogen-bond donors (Lipinski definition) is 2. The van der Waals surface area contributed by atoms with Gasteiger partial charge < -0.3 is 14.8 Å². The summed E-state index contributed by atoms with van der Waals surface area (Å²) in [6, 6.07) is 10.3. The third-order valence-electron chi connectivity index (χ3n) is 3.39. The summed E-state index contributed by atoms with van der Waals surface area (Å²) < 4.78 is 15.5. The van der Waals surface area contributed by atoms with Gasteiger partial charge in [-0.1, -0.05) is 6.07 Å². The van der Waals surface area contributed by atoms with Crippen molar-refractivity contribution in [3.8, 4) is 17.5 Å². The van der Waals surface area contributed by atoms with E-state index in [4.69, 9.17) is 10.4 Å². The number of carboxylic acid groups (broad SMARTS) is 1. The van der Waals surface area contributed by atoms with Crippen LogP contribution in [0.25, 0.3) is 16.6 Å². The number of benzene rings is 2. The summed E-state index contributed by atoms with van der Waals surface area (Å²) in [4.78, 5) is 10.9. The fourth-order valence-electron chi connectivity index (χ4n) is 2.39. The third kappa shape index (κ3) is 1.96. The lowest BCUT2D eigenvalue weighted by atomic mass is 10.1. The lowest BCUT2D eigenvalue weighted by Crippen LogP contribution is -1.99. The fraction of sp³-hybridized carbons (Fsp3) is 0. The number of nitrogens with zero attached hydrogens (tertiary/aromatic N) is 2. The minimum Gasteiger partial charge on any atom is -0.507 e. The van der Waals surface area contributed by atoms with Crippen LogP contribution in [-0.4, -0.2) is 20.7 Å². The molecule has 0 aliphatic heterocycles. The average molecular weight is 296 g/mol. The van der Waals surface area contributed by atoms with Crippen molar-refractivity contribution in [2.75, 3.05) is 0 Å². The van der Waals surface area contributed by atoms with Gasteiger partial charge in [-0.05, 0) is 24.3 Å². The highest BCUT2D eigenvalue weighted by atomic mass is 19.1. The topological polar surface area (TPSA) is 86.2 Å². The second-order valence-corrected chi connectivity index (χ2v) is 4.67. The minimum absolute atomic E-state index is 0.162. The van der Waals surface area contributed by atoms with Gasteiger partial charge in [0.25, 0.3) is 0 Å². The molecular formula is C16H9FN2O3. The molecule has 108 valence electrons. The van der Waals surface area contributed by atoms with Gasteiger partial charge in [0.2, 0.25) is 0 Å². The van der Waals surface area contributed by atoms with Gasteiger partial charge in [0.05, 0.1) is 16.5 Å². The van der Waals surface area contributed by atoms with Crippen molar-refractivity contribution in [2.24, 2.45) is 0 Å². The van der Waals surface area contributed by atoms with Crippen molar-refractivity contribution in [3.63, 3.8) is 0 Å². The first-order valence-electron chi connectivity index (χ1n) is 6.29. The van der Waals surface area contributed by atoms with E-state index in [0.717, 1.165) is 0 Å². The number of carbonyl (C=O) groups is 1. The summed E-state index contributed by atoms with van der Waals surface area (Å²) in [6.45, 7) is 0. The molecule has 3 aromatic rings. The molecule has 2 N–H and O–H groups in total. The van der Waals surface area contributed by atoms with Crippen LogP contribution in [0.5, 0.6) is 5.75 Å². The Labute approximate surface area is 124 Å². The average Bonchev–Trinajstić information content (AvgIpc) is 2.87. The van der Waals surface area contributed by atoms with Crippen molar-refractivity contribution in [2.45, 2.75) is 0 Å². The molecule has 0 bridgehead atoms. The van der Waals surface area contributed by atoms with Crippen LogP contribution in [0.4, 0.5) is 4.39 Å². The van der Waals surface area contributed by atoms with Crippen LogP contribution in [0.3, 0.4) is 0 Å². The number of aromatic nitrogens is 1. The molecule has 0 fully saturated rings. The highest BCUT2D eigenvalue weighted by Crippen LogP contribution is 2.29. The number of aromatic hydroxyl groups is 1. The van der Waals surface area contributed by atoms with E-state index in [1.807, 2.05) is 6.07 Å². The molecule has 0 radical (unpaired) electrons. The zero-order chi connectivity index (χ0) is 15.9. The first kappa shape index (κ1) is 13.6. The van der Waals surface area contributed by atoms with Crippen LogP contribution in [0.1, 0.15) is 15.9 Å². The smallest absolute Gasteiger partial charge is 0.339 e. The van der Waals surface area contributed by atoms with Gasteiger partial charge in [-0.3, -0.25) is 0 Å². The maximum atomic E-state index is 13.9. The van der Waals surface area contributed by atoms with Crippen LogP contribution < -0.4 is 0 Å². The lowest BCUT2D eigenvalue weighted by Gasteiger charge is -2.07. The minimum atomic E-state index is -1.25. The van der Waals surface area contributed by atoms with Crippen LogP contribution >= 0.6 is 0 Å². The van der Waals surface area contributed by atoms with Crippen LogP contribution in [-0.2, 0) is 0 Å². The third-order valence-corrected chi connectivity index (χ3v) is 3.39. The van der Waals surface area contributed by atoms with E-state index in [1.54, 1.807) is 6.07 Å². The number of nitriles is 1. The van der Waals surface area contributed by atoms with Gasteiger partial charge in [0, 0.05) is 18.0 Å². The van der Waals surface area contributed by atoms with Gasteiger partial charge >= 0.3 is 5.97 Å². The number of hydrogen-bond acceptors (Lipinski definition) is 3. The van der Waals surface area contributed by atoms with Crippen LogP contribution in [0.2, 0.25) is 0 Å².